The first-order valence-electron chi connectivity index (χ1n) is 5.85. The van der Waals surface area contributed by atoms with Crippen LogP contribution in [-0.2, 0) is 0 Å². The molecule has 0 aromatic carbocycles. The van der Waals surface area contributed by atoms with Crippen LogP contribution >= 0.6 is 24.8 Å². The van der Waals surface area contributed by atoms with Crippen molar-refractivity contribution in [3.05, 3.63) is 18.3 Å². The molecule has 1 N–H and O–H groups in total. The number of rotatable bonds is 4. The average Bonchev–Trinajstić information content (AvgIpc) is 2.33. The summed E-state index contributed by atoms with van der Waals surface area (Å²) < 4.78 is 11.3. The molecule has 0 amide bonds. The second kappa shape index (κ2) is 9.25. The molecule has 0 bridgehead atoms. The summed E-state index contributed by atoms with van der Waals surface area (Å²) in [5.74, 6) is 1.34. The summed E-state index contributed by atoms with van der Waals surface area (Å²) in [4.78, 5) is 4.22. The van der Waals surface area contributed by atoms with Gasteiger partial charge in [-0.3, -0.25) is 0 Å². The maximum absolute atomic E-state index is 5.84. The average molecular weight is 295 g/mol. The van der Waals surface area contributed by atoms with Crippen LogP contribution in [0.3, 0.4) is 0 Å². The van der Waals surface area contributed by atoms with E-state index in [9.17, 15) is 0 Å². The summed E-state index contributed by atoms with van der Waals surface area (Å²) in [6.07, 6.45) is 4.17. The van der Waals surface area contributed by atoms with Crippen molar-refractivity contribution in [2.75, 3.05) is 19.7 Å². The molecule has 1 fully saturated rings. The fourth-order valence-electron chi connectivity index (χ4n) is 1.81. The predicted octanol–water partition coefficient (Wildman–Crippen LogP) is 2.45. The van der Waals surface area contributed by atoms with Crippen LogP contribution in [0.5, 0.6) is 11.6 Å². The number of ether oxygens (including phenoxy) is 2. The number of piperidine rings is 1. The minimum atomic E-state index is 0. The van der Waals surface area contributed by atoms with Gasteiger partial charge in [0.1, 0.15) is 6.10 Å². The van der Waals surface area contributed by atoms with Gasteiger partial charge in [0, 0.05) is 12.7 Å². The Morgan fingerprint density at radius 1 is 1.44 bits per heavy atom. The van der Waals surface area contributed by atoms with Gasteiger partial charge in [0.2, 0.25) is 0 Å². The van der Waals surface area contributed by atoms with Gasteiger partial charge in [-0.25, -0.2) is 4.98 Å². The first-order chi connectivity index (χ1) is 7.90. The minimum absolute atomic E-state index is 0. The SMILES string of the molecule is CCOc1cccnc1OC1CCCNC1.Cl.Cl. The lowest BCUT2D eigenvalue weighted by Crippen LogP contribution is -2.37. The molecule has 2 heterocycles. The van der Waals surface area contributed by atoms with E-state index < -0.39 is 0 Å². The lowest BCUT2D eigenvalue weighted by Gasteiger charge is -2.24. The van der Waals surface area contributed by atoms with Gasteiger partial charge in [-0.1, -0.05) is 0 Å². The molecule has 1 aromatic rings. The number of hydrogen-bond donors (Lipinski definition) is 1. The van der Waals surface area contributed by atoms with Crippen molar-refractivity contribution in [2.45, 2.75) is 25.9 Å². The Labute approximate surface area is 120 Å². The fourth-order valence-corrected chi connectivity index (χ4v) is 1.81. The van der Waals surface area contributed by atoms with Crippen LogP contribution in [0.15, 0.2) is 18.3 Å². The van der Waals surface area contributed by atoms with E-state index in [1.165, 1.54) is 0 Å². The van der Waals surface area contributed by atoms with Crippen molar-refractivity contribution in [3.8, 4) is 11.6 Å². The number of aromatic nitrogens is 1. The third-order valence-corrected chi connectivity index (χ3v) is 2.57. The molecule has 0 radical (unpaired) electrons. The van der Waals surface area contributed by atoms with Gasteiger partial charge < -0.3 is 14.8 Å². The summed E-state index contributed by atoms with van der Waals surface area (Å²) in [6, 6.07) is 3.75. The molecule has 4 nitrogen and oxygen atoms in total. The Bertz CT molecular complexity index is 334. The lowest BCUT2D eigenvalue weighted by molar-refractivity contribution is 0.152. The fraction of sp³-hybridized carbons (Fsp3) is 0.583. The van der Waals surface area contributed by atoms with Gasteiger partial charge in [0.25, 0.3) is 5.88 Å². The summed E-state index contributed by atoms with van der Waals surface area (Å²) in [5.41, 5.74) is 0. The normalized spacial score (nSPS) is 18.2. The Morgan fingerprint density at radius 3 is 2.94 bits per heavy atom. The zero-order chi connectivity index (χ0) is 11.2. The van der Waals surface area contributed by atoms with Crippen molar-refractivity contribution >= 4 is 24.8 Å². The van der Waals surface area contributed by atoms with E-state index in [0.29, 0.717) is 12.5 Å². The highest BCUT2D eigenvalue weighted by Gasteiger charge is 2.17. The van der Waals surface area contributed by atoms with E-state index in [4.69, 9.17) is 9.47 Å². The highest BCUT2D eigenvalue weighted by atomic mass is 35.5. The standard InChI is InChI=1S/C12H18N2O2.2ClH/c1-2-15-11-6-4-8-14-12(11)16-10-5-3-7-13-9-10;;/h4,6,8,10,13H,2-3,5,7,9H2,1H3;2*1H. The van der Waals surface area contributed by atoms with Gasteiger partial charge in [-0.15, -0.1) is 24.8 Å². The van der Waals surface area contributed by atoms with Crippen LogP contribution < -0.4 is 14.8 Å². The van der Waals surface area contributed by atoms with E-state index in [1.807, 2.05) is 19.1 Å². The van der Waals surface area contributed by atoms with E-state index in [0.717, 1.165) is 31.7 Å². The second-order valence-corrected chi connectivity index (χ2v) is 3.83. The zero-order valence-corrected chi connectivity index (χ0v) is 12.1. The van der Waals surface area contributed by atoms with Crippen LogP contribution in [0.4, 0.5) is 0 Å². The smallest absolute Gasteiger partial charge is 0.257 e. The third kappa shape index (κ3) is 4.88. The molecule has 1 aliphatic heterocycles. The number of halogens is 2. The first-order valence-corrected chi connectivity index (χ1v) is 5.85. The molecule has 1 aliphatic rings. The van der Waals surface area contributed by atoms with Gasteiger partial charge >= 0.3 is 0 Å². The van der Waals surface area contributed by atoms with E-state index in [1.54, 1.807) is 6.20 Å². The quantitative estimate of drug-likeness (QED) is 0.926. The lowest BCUT2D eigenvalue weighted by atomic mass is 10.1. The summed E-state index contributed by atoms with van der Waals surface area (Å²) in [5, 5.41) is 3.31. The molecule has 1 aromatic heterocycles. The van der Waals surface area contributed by atoms with Crippen LogP contribution in [0.25, 0.3) is 0 Å². The van der Waals surface area contributed by atoms with E-state index in [2.05, 4.69) is 10.3 Å². The molecule has 1 saturated heterocycles. The first kappa shape index (κ1) is 17.3. The predicted molar refractivity (Wildman–Crippen MR) is 76.4 cm³/mol. The minimum Gasteiger partial charge on any atom is -0.488 e. The molecule has 1 atom stereocenters. The van der Waals surface area contributed by atoms with Crippen LogP contribution in [0.2, 0.25) is 0 Å². The largest absolute Gasteiger partial charge is 0.488 e. The van der Waals surface area contributed by atoms with Crippen LogP contribution in [-0.4, -0.2) is 30.8 Å². The summed E-state index contributed by atoms with van der Waals surface area (Å²) in [6.45, 7) is 4.56. The van der Waals surface area contributed by atoms with Crippen molar-refractivity contribution in [1.82, 2.24) is 10.3 Å². The van der Waals surface area contributed by atoms with Crippen molar-refractivity contribution in [2.24, 2.45) is 0 Å². The Kier molecular flexibility index (Phi) is 8.89. The molecule has 2 rings (SSSR count). The molecular weight excluding hydrogens is 275 g/mol. The molecule has 0 saturated carbocycles. The molecule has 1 unspecified atom stereocenters. The molecule has 18 heavy (non-hydrogen) atoms. The van der Waals surface area contributed by atoms with Crippen molar-refractivity contribution in [3.63, 3.8) is 0 Å². The number of nitrogens with one attached hydrogen (secondary N) is 1. The van der Waals surface area contributed by atoms with Crippen molar-refractivity contribution < 1.29 is 9.47 Å². The van der Waals surface area contributed by atoms with E-state index >= 15 is 0 Å². The molecule has 0 spiro atoms. The highest BCUT2D eigenvalue weighted by molar-refractivity contribution is 5.85. The maximum atomic E-state index is 5.84. The summed E-state index contributed by atoms with van der Waals surface area (Å²) in [7, 11) is 0. The van der Waals surface area contributed by atoms with Crippen LogP contribution in [0, 0.1) is 0 Å². The van der Waals surface area contributed by atoms with Crippen LogP contribution in [0.1, 0.15) is 19.8 Å². The van der Waals surface area contributed by atoms with Crippen molar-refractivity contribution in [1.29, 1.82) is 0 Å². The topological polar surface area (TPSA) is 43.4 Å². The van der Waals surface area contributed by atoms with Gasteiger partial charge in [0.05, 0.1) is 6.61 Å². The highest BCUT2D eigenvalue weighted by Crippen LogP contribution is 2.25. The molecular formula is C12H20Cl2N2O2. The number of nitrogens with zero attached hydrogens (tertiary/aromatic N) is 1. The number of pyridine rings is 1. The Balaban J connectivity index is 0.00000144. The molecule has 6 heteroatoms. The molecule has 0 aliphatic carbocycles. The Hall–Kier alpha value is -0.710. The summed E-state index contributed by atoms with van der Waals surface area (Å²) >= 11 is 0. The Morgan fingerprint density at radius 2 is 2.28 bits per heavy atom. The third-order valence-electron chi connectivity index (χ3n) is 2.57. The van der Waals surface area contributed by atoms with Gasteiger partial charge in [0.15, 0.2) is 5.75 Å². The number of hydrogen-bond acceptors (Lipinski definition) is 4. The molecule has 104 valence electrons. The van der Waals surface area contributed by atoms with Gasteiger partial charge in [-0.05, 0) is 38.4 Å². The monoisotopic (exact) mass is 294 g/mol. The zero-order valence-electron chi connectivity index (χ0n) is 10.4. The van der Waals surface area contributed by atoms with Gasteiger partial charge in [-0.2, -0.15) is 0 Å². The maximum Gasteiger partial charge on any atom is 0.257 e. The van der Waals surface area contributed by atoms with E-state index in [-0.39, 0.29) is 30.9 Å². The second-order valence-electron chi connectivity index (χ2n) is 3.83.